The molecular formula is C16H15N3O. The zero-order valence-corrected chi connectivity index (χ0v) is 11.1. The van der Waals surface area contributed by atoms with Crippen molar-refractivity contribution in [1.82, 2.24) is 5.32 Å². The lowest BCUT2D eigenvalue weighted by Crippen LogP contribution is -2.13. The Hall–Kier alpha value is -2.75. The van der Waals surface area contributed by atoms with E-state index in [1.54, 1.807) is 6.07 Å². The summed E-state index contributed by atoms with van der Waals surface area (Å²) in [5.74, 6) is -0.112. The van der Waals surface area contributed by atoms with Crippen molar-refractivity contribution >= 4 is 28.6 Å². The number of fused-ring (bicyclic) bond motifs is 1. The van der Waals surface area contributed by atoms with Gasteiger partial charge in [-0.2, -0.15) is 0 Å². The summed E-state index contributed by atoms with van der Waals surface area (Å²) in [4.78, 5) is 12.3. The van der Waals surface area contributed by atoms with Crippen LogP contribution in [0.5, 0.6) is 0 Å². The number of carbonyl (C=O) groups excluding carboxylic acids is 1. The lowest BCUT2D eigenvalue weighted by atomic mass is 10.00. The molecule has 0 atom stereocenters. The molecule has 0 fully saturated rings. The monoisotopic (exact) mass is 265 g/mol. The smallest absolute Gasteiger partial charge is 0.258 e. The maximum absolute atomic E-state index is 12.3. The van der Waals surface area contributed by atoms with Gasteiger partial charge in [-0.1, -0.05) is 30.3 Å². The molecule has 0 bridgehead atoms. The molecule has 100 valence electrons. The van der Waals surface area contributed by atoms with Gasteiger partial charge in [-0.25, -0.2) is 0 Å². The summed E-state index contributed by atoms with van der Waals surface area (Å²) in [6.07, 6.45) is 0. The molecule has 3 rings (SSSR count). The first-order valence-corrected chi connectivity index (χ1v) is 6.39. The fourth-order valence-electron chi connectivity index (χ4n) is 2.45. The summed E-state index contributed by atoms with van der Waals surface area (Å²) in [7, 11) is 1.81. The third-order valence-corrected chi connectivity index (χ3v) is 3.35. The van der Waals surface area contributed by atoms with Crippen molar-refractivity contribution in [2.45, 2.75) is 0 Å². The number of benzene rings is 2. The number of hydrogen-bond acceptors (Lipinski definition) is 3. The maximum atomic E-state index is 12.3. The molecule has 0 aromatic heterocycles. The minimum Gasteiger partial charge on any atom is -0.399 e. The van der Waals surface area contributed by atoms with E-state index in [0.29, 0.717) is 11.3 Å². The zero-order valence-electron chi connectivity index (χ0n) is 11.1. The Balaban J connectivity index is 2.24. The minimum atomic E-state index is -0.112. The van der Waals surface area contributed by atoms with Gasteiger partial charge in [0.2, 0.25) is 0 Å². The molecule has 2 aromatic rings. The number of nitrogens with one attached hydrogen (secondary N) is 2. The number of anilines is 2. The first-order chi connectivity index (χ1) is 9.70. The second kappa shape index (κ2) is 4.74. The van der Waals surface area contributed by atoms with Crippen molar-refractivity contribution in [3.8, 4) is 0 Å². The van der Waals surface area contributed by atoms with Crippen LogP contribution in [0.3, 0.4) is 0 Å². The Morgan fingerprint density at radius 2 is 1.90 bits per heavy atom. The largest absolute Gasteiger partial charge is 0.399 e. The topological polar surface area (TPSA) is 67.2 Å². The normalized spacial score (nSPS) is 15.6. The Bertz CT molecular complexity index is 705. The standard InChI is InChI=1S/C16H15N3O/c1-18-15(10-5-3-2-4-6-10)14-12-9-11(17)7-8-13(12)19-16(14)20/h2-9,18H,17H2,1H3,(H,19,20)/b15-14-. The quantitative estimate of drug-likeness (QED) is 0.576. The van der Waals surface area contributed by atoms with Crippen molar-refractivity contribution in [3.63, 3.8) is 0 Å². The van der Waals surface area contributed by atoms with Crippen molar-refractivity contribution in [1.29, 1.82) is 0 Å². The van der Waals surface area contributed by atoms with Gasteiger partial charge in [0.05, 0.1) is 11.3 Å². The number of amides is 1. The van der Waals surface area contributed by atoms with Gasteiger partial charge in [0, 0.05) is 24.0 Å². The van der Waals surface area contributed by atoms with Crippen LogP contribution in [-0.4, -0.2) is 13.0 Å². The molecule has 0 saturated heterocycles. The molecule has 2 aromatic carbocycles. The van der Waals surface area contributed by atoms with Gasteiger partial charge in [0.25, 0.3) is 5.91 Å². The minimum absolute atomic E-state index is 0.112. The SMILES string of the molecule is CN/C(=C1\C(=O)Nc2ccc(N)cc21)c1ccccc1. The van der Waals surface area contributed by atoms with Gasteiger partial charge >= 0.3 is 0 Å². The predicted octanol–water partition coefficient (Wildman–Crippen LogP) is 2.31. The summed E-state index contributed by atoms with van der Waals surface area (Å²) in [5.41, 5.74) is 10.5. The predicted molar refractivity (Wildman–Crippen MR) is 81.8 cm³/mol. The molecular weight excluding hydrogens is 250 g/mol. The van der Waals surface area contributed by atoms with Crippen LogP contribution in [0.2, 0.25) is 0 Å². The van der Waals surface area contributed by atoms with Crippen molar-refractivity contribution in [2.24, 2.45) is 0 Å². The van der Waals surface area contributed by atoms with Crippen molar-refractivity contribution in [2.75, 3.05) is 18.1 Å². The molecule has 0 aliphatic carbocycles. The number of rotatable bonds is 2. The molecule has 4 heteroatoms. The second-order valence-electron chi connectivity index (χ2n) is 4.63. The van der Waals surface area contributed by atoms with E-state index in [-0.39, 0.29) is 5.91 Å². The van der Waals surface area contributed by atoms with Gasteiger partial charge in [-0.15, -0.1) is 0 Å². The van der Waals surface area contributed by atoms with E-state index in [2.05, 4.69) is 10.6 Å². The van der Waals surface area contributed by atoms with E-state index < -0.39 is 0 Å². The van der Waals surface area contributed by atoms with Gasteiger partial charge < -0.3 is 16.4 Å². The van der Waals surface area contributed by atoms with Crippen molar-refractivity contribution < 1.29 is 4.79 Å². The average molecular weight is 265 g/mol. The molecule has 4 nitrogen and oxygen atoms in total. The van der Waals surface area contributed by atoms with Crippen LogP contribution >= 0.6 is 0 Å². The molecule has 0 saturated carbocycles. The Morgan fingerprint density at radius 1 is 1.15 bits per heavy atom. The van der Waals surface area contributed by atoms with Gasteiger partial charge in [-0.05, 0) is 23.8 Å². The fraction of sp³-hybridized carbons (Fsp3) is 0.0625. The third-order valence-electron chi connectivity index (χ3n) is 3.35. The summed E-state index contributed by atoms with van der Waals surface area (Å²) < 4.78 is 0. The van der Waals surface area contributed by atoms with E-state index >= 15 is 0 Å². The molecule has 0 radical (unpaired) electrons. The summed E-state index contributed by atoms with van der Waals surface area (Å²) in [6.45, 7) is 0. The molecule has 0 unspecified atom stereocenters. The lowest BCUT2D eigenvalue weighted by molar-refractivity contribution is -0.110. The first kappa shape index (κ1) is 12.3. The molecule has 1 aliphatic rings. The second-order valence-corrected chi connectivity index (χ2v) is 4.63. The molecule has 4 N–H and O–H groups in total. The summed E-state index contributed by atoms with van der Waals surface area (Å²) >= 11 is 0. The maximum Gasteiger partial charge on any atom is 0.258 e. The zero-order chi connectivity index (χ0) is 14.1. The Labute approximate surface area is 117 Å². The highest BCUT2D eigenvalue weighted by Gasteiger charge is 2.27. The number of nitrogen functional groups attached to an aromatic ring is 1. The third kappa shape index (κ3) is 1.91. The van der Waals surface area contributed by atoms with Crippen LogP contribution in [0.1, 0.15) is 11.1 Å². The van der Waals surface area contributed by atoms with Crippen LogP contribution in [0.25, 0.3) is 11.3 Å². The highest BCUT2D eigenvalue weighted by Crippen LogP contribution is 2.36. The lowest BCUT2D eigenvalue weighted by Gasteiger charge is -2.11. The van der Waals surface area contributed by atoms with Crippen LogP contribution in [0.15, 0.2) is 48.5 Å². The van der Waals surface area contributed by atoms with Gasteiger partial charge in [0.15, 0.2) is 0 Å². The number of hydrogen-bond donors (Lipinski definition) is 3. The average Bonchev–Trinajstić information content (AvgIpc) is 2.77. The van der Waals surface area contributed by atoms with Crippen molar-refractivity contribution in [3.05, 3.63) is 59.7 Å². The Kier molecular flexibility index (Phi) is 2.91. The highest BCUT2D eigenvalue weighted by atomic mass is 16.2. The van der Waals surface area contributed by atoms with E-state index in [9.17, 15) is 4.79 Å². The van der Waals surface area contributed by atoms with Crippen LogP contribution in [-0.2, 0) is 4.79 Å². The number of carbonyl (C=O) groups is 1. The highest BCUT2D eigenvalue weighted by molar-refractivity contribution is 6.36. The Morgan fingerprint density at radius 3 is 2.60 bits per heavy atom. The molecule has 0 spiro atoms. The van der Waals surface area contributed by atoms with Crippen LogP contribution in [0.4, 0.5) is 11.4 Å². The fourth-order valence-corrected chi connectivity index (χ4v) is 2.45. The van der Waals surface area contributed by atoms with Crippen LogP contribution < -0.4 is 16.4 Å². The van der Waals surface area contributed by atoms with E-state index in [1.807, 2.05) is 49.5 Å². The summed E-state index contributed by atoms with van der Waals surface area (Å²) in [6, 6.07) is 15.2. The first-order valence-electron chi connectivity index (χ1n) is 6.39. The van der Waals surface area contributed by atoms with Crippen LogP contribution in [0, 0.1) is 0 Å². The molecule has 20 heavy (non-hydrogen) atoms. The van der Waals surface area contributed by atoms with E-state index in [1.165, 1.54) is 0 Å². The molecule has 1 aliphatic heterocycles. The van der Waals surface area contributed by atoms with E-state index in [0.717, 1.165) is 22.5 Å². The summed E-state index contributed by atoms with van der Waals surface area (Å²) in [5, 5.41) is 6.00. The molecule has 1 heterocycles. The van der Waals surface area contributed by atoms with E-state index in [4.69, 9.17) is 5.73 Å². The molecule has 1 amide bonds. The van der Waals surface area contributed by atoms with Gasteiger partial charge in [-0.3, -0.25) is 4.79 Å². The van der Waals surface area contributed by atoms with Gasteiger partial charge in [0.1, 0.15) is 0 Å². The number of nitrogens with two attached hydrogens (primary N) is 1.